The highest BCUT2D eigenvalue weighted by molar-refractivity contribution is 9.10. The Balaban J connectivity index is 1.70. The van der Waals surface area contributed by atoms with Crippen molar-refractivity contribution in [3.05, 3.63) is 57.5 Å². The van der Waals surface area contributed by atoms with E-state index in [2.05, 4.69) is 31.2 Å². The quantitative estimate of drug-likeness (QED) is 0.750. The number of hydrogen-bond acceptors (Lipinski definition) is 5. The number of nitrogens with zero attached hydrogens (tertiary/aromatic N) is 2. The molecular weight excluding hydrogens is 366 g/mol. The van der Waals surface area contributed by atoms with Crippen LogP contribution in [0.5, 0.6) is 0 Å². The van der Waals surface area contributed by atoms with Crippen molar-refractivity contribution in [2.45, 2.75) is 13.5 Å². The van der Waals surface area contributed by atoms with Gasteiger partial charge in [-0.1, -0.05) is 0 Å². The zero-order valence-electron chi connectivity index (χ0n) is 11.7. The molecule has 0 atom stereocenters. The summed E-state index contributed by atoms with van der Waals surface area (Å²) in [6.07, 6.45) is 4.79. The molecule has 7 heteroatoms. The summed E-state index contributed by atoms with van der Waals surface area (Å²) in [4.78, 5) is 21.6. The number of carbonyl (C=O) groups excluding carboxylic acids is 1. The van der Waals surface area contributed by atoms with Crippen molar-refractivity contribution in [1.82, 2.24) is 15.3 Å². The molecule has 22 heavy (non-hydrogen) atoms. The van der Waals surface area contributed by atoms with Gasteiger partial charge in [0.1, 0.15) is 0 Å². The number of aromatic nitrogens is 2. The molecule has 112 valence electrons. The van der Waals surface area contributed by atoms with Gasteiger partial charge in [0, 0.05) is 21.7 Å². The van der Waals surface area contributed by atoms with Gasteiger partial charge in [-0.2, -0.15) is 0 Å². The minimum atomic E-state index is -0.166. The molecule has 1 N–H and O–H groups in total. The third kappa shape index (κ3) is 3.26. The Morgan fingerprint density at radius 2 is 2.32 bits per heavy atom. The molecular formula is C15H12BrN3O2S. The number of hydrogen-bond donors (Lipinski definition) is 1. The lowest BCUT2D eigenvalue weighted by atomic mass is 10.2. The molecule has 0 aromatic carbocycles. The van der Waals surface area contributed by atoms with E-state index >= 15 is 0 Å². The summed E-state index contributed by atoms with van der Waals surface area (Å²) < 4.78 is 6.12. The number of amides is 1. The van der Waals surface area contributed by atoms with Gasteiger partial charge in [-0.15, -0.1) is 11.3 Å². The maximum atomic E-state index is 12.1. The standard InChI is InChI=1S/C15H12BrN3O2S/c1-9-13(22-15(19-9)12-3-2-4-21-12)8-18-14(20)10-5-11(16)7-17-6-10/h2-7H,8H2,1H3,(H,18,20). The summed E-state index contributed by atoms with van der Waals surface area (Å²) in [6.45, 7) is 2.35. The normalized spacial score (nSPS) is 10.6. The lowest BCUT2D eigenvalue weighted by molar-refractivity contribution is 0.0951. The van der Waals surface area contributed by atoms with E-state index in [1.54, 1.807) is 18.5 Å². The number of nitrogens with one attached hydrogen (secondary N) is 1. The molecule has 0 aliphatic carbocycles. The second kappa shape index (κ2) is 6.41. The maximum absolute atomic E-state index is 12.1. The largest absolute Gasteiger partial charge is 0.462 e. The molecule has 0 spiro atoms. The van der Waals surface area contributed by atoms with Crippen molar-refractivity contribution in [2.75, 3.05) is 0 Å². The van der Waals surface area contributed by atoms with E-state index < -0.39 is 0 Å². The minimum absolute atomic E-state index is 0.166. The van der Waals surface area contributed by atoms with Crippen molar-refractivity contribution in [2.24, 2.45) is 0 Å². The van der Waals surface area contributed by atoms with Crippen LogP contribution in [-0.4, -0.2) is 15.9 Å². The monoisotopic (exact) mass is 377 g/mol. The second-order valence-corrected chi connectivity index (χ2v) is 6.58. The summed E-state index contributed by atoms with van der Waals surface area (Å²) in [5, 5.41) is 3.70. The van der Waals surface area contributed by atoms with Crippen LogP contribution in [0, 0.1) is 6.92 Å². The number of furan rings is 1. The number of rotatable bonds is 4. The van der Waals surface area contributed by atoms with Gasteiger partial charge in [-0.05, 0) is 41.1 Å². The van der Waals surface area contributed by atoms with Gasteiger partial charge in [0.15, 0.2) is 10.8 Å². The fraction of sp³-hybridized carbons (Fsp3) is 0.133. The molecule has 3 rings (SSSR count). The van der Waals surface area contributed by atoms with Crippen molar-refractivity contribution in [1.29, 1.82) is 0 Å². The first kappa shape index (κ1) is 14.9. The van der Waals surface area contributed by atoms with Gasteiger partial charge >= 0.3 is 0 Å². The molecule has 1 amide bonds. The Bertz CT molecular complexity index is 799. The fourth-order valence-corrected chi connectivity index (χ4v) is 3.23. The number of halogens is 1. The molecule has 0 aliphatic rings. The van der Waals surface area contributed by atoms with Crippen molar-refractivity contribution in [3.63, 3.8) is 0 Å². The molecule has 3 aromatic heterocycles. The first-order valence-electron chi connectivity index (χ1n) is 6.52. The van der Waals surface area contributed by atoms with E-state index in [1.807, 2.05) is 19.1 Å². The summed E-state index contributed by atoms with van der Waals surface area (Å²) in [6, 6.07) is 5.43. The van der Waals surface area contributed by atoms with Crippen LogP contribution >= 0.6 is 27.3 Å². The van der Waals surface area contributed by atoms with Gasteiger partial charge in [0.25, 0.3) is 5.91 Å². The molecule has 0 saturated heterocycles. The van der Waals surface area contributed by atoms with Crippen LogP contribution in [0.4, 0.5) is 0 Å². The highest BCUT2D eigenvalue weighted by Gasteiger charge is 2.13. The molecule has 0 fully saturated rings. The summed E-state index contributed by atoms with van der Waals surface area (Å²) in [5.74, 6) is 0.572. The predicted octanol–water partition coefficient (Wildman–Crippen LogP) is 3.80. The van der Waals surface area contributed by atoms with E-state index in [-0.39, 0.29) is 5.91 Å². The Morgan fingerprint density at radius 3 is 3.05 bits per heavy atom. The third-order valence-corrected chi connectivity index (χ3v) is 4.61. The smallest absolute Gasteiger partial charge is 0.253 e. The van der Waals surface area contributed by atoms with Crippen LogP contribution in [0.15, 0.2) is 45.7 Å². The summed E-state index contributed by atoms with van der Waals surface area (Å²) >= 11 is 4.82. The van der Waals surface area contributed by atoms with Crippen molar-refractivity contribution >= 4 is 33.2 Å². The van der Waals surface area contributed by atoms with Gasteiger partial charge in [-0.25, -0.2) is 4.98 Å². The Morgan fingerprint density at radius 1 is 1.45 bits per heavy atom. The first-order chi connectivity index (χ1) is 10.6. The Labute approximate surface area is 139 Å². The molecule has 3 aromatic rings. The van der Waals surface area contributed by atoms with Crippen molar-refractivity contribution in [3.8, 4) is 10.8 Å². The Kier molecular flexibility index (Phi) is 4.35. The second-order valence-electron chi connectivity index (χ2n) is 4.58. The van der Waals surface area contributed by atoms with E-state index in [0.29, 0.717) is 12.1 Å². The molecule has 5 nitrogen and oxygen atoms in total. The zero-order chi connectivity index (χ0) is 15.5. The predicted molar refractivity (Wildman–Crippen MR) is 87.7 cm³/mol. The van der Waals surface area contributed by atoms with E-state index in [9.17, 15) is 4.79 Å². The molecule has 0 unspecified atom stereocenters. The van der Waals surface area contributed by atoms with Gasteiger partial charge in [-0.3, -0.25) is 9.78 Å². The average Bonchev–Trinajstić information content (AvgIpc) is 3.14. The lowest BCUT2D eigenvalue weighted by Gasteiger charge is -2.04. The summed E-state index contributed by atoms with van der Waals surface area (Å²) in [5.41, 5.74) is 1.41. The Hall–Kier alpha value is -1.99. The lowest BCUT2D eigenvalue weighted by Crippen LogP contribution is -2.22. The number of carbonyl (C=O) groups is 1. The van der Waals surface area contributed by atoms with Crippen LogP contribution in [-0.2, 0) is 6.54 Å². The summed E-state index contributed by atoms with van der Waals surface area (Å²) in [7, 11) is 0. The van der Waals surface area contributed by atoms with Crippen LogP contribution < -0.4 is 5.32 Å². The molecule has 0 aliphatic heterocycles. The van der Waals surface area contributed by atoms with Gasteiger partial charge in [0.05, 0.1) is 24.1 Å². The molecule has 0 radical (unpaired) electrons. The number of thiazole rings is 1. The third-order valence-electron chi connectivity index (χ3n) is 3.00. The van der Waals surface area contributed by atoms with E-state index in [4.69, 9.17) is 4.42 Å². The van der Waals surface area contributed by atoms with E-state index in [0.717, 1.165) is 25.8 Å². The number of aryl methyl sites for hydroxylation is 1. The maximum Gasteiger partial charge on any atom is 0.253 e. The molecule has 0 saturated carbocycles. The fourth-order valence-electron chi connectivity index (χ4n) is 1.90. The number of pyridine rings is 1. The SMILES string of the molecule is Cc1nc(-c2ccco2)sc1CNC(=O)c1cncc(Br)c1. The van der Waals surface area contributed by atoms with Gasteiger partial charge in [0.2, 0.25) is 0 Å². The average molecular weight is 378 g/mol. The highest BCUT2D eigenvalue weighted by atomic mass is 79.9. The molecule has 3 heterocycles. The van der Waals surface area contributed by atoms with E-state index in [1.165, 1.54) is 17.5 Å². The highest BCUT2D eigenvalue weighted by Crippen LogP contribution is 2.28. The van der Waals surface area contributed by atoms with Crippen LogP contribution in [0.25, 0.3) is 10.8 Å². The van der Waals surface area contributed by atoms with Gasteiger partial charge < -0.3 is 9.73 Å². The molecule has 0 bridgehead atoms. The zero-order valence-corrected chi connectivity index (χ0v) is 14.1. The first-order valence-corrected chi connectivity index (χ1v) is 8.13. The minimum Gasteiger partial charge on any atom is -0.462 e. The van der Waals surface area contributed by atoms with Crippen molar-refractivity contribution < 1.29 is 9.21 Å². The van der Waals surface area contributed by atoms with Crippen LogP contribution in [0.1, 0.15) is 20.9 Å². The van der Waals surface area contributed by atoms with Crippen LogP contribution in [0.2, 0.25) is 0 Å². The topological polar surface area (TPSA) is 68.0 Å². The van der Waals surface area contributed by atoms with Crippen LogP contribution in [0.3, 0.4) is 0 Å².